The number of rotatable bonds is 4. The largest absolute Gasteiger partial charge is 0.495 e. The molecule has 0 aliphatic carbocycles. The van der Waals surface area contributed by atoms with Gasteiger partial charge in [-0.2, -0.15) is 5.26 Å². The first-order valence-electron chi connectivity index (χ1n) is 6.61. The Morgan fingerprint density at radius 3 is 2.52 bits per heavy atom. The Bertz CT molecular complexity index is 703. The first kappa shape index (κ1) is 14.7. The van der Waals surface area contributed by atoms with E-state index in [1.165, 1.54) is 0 Å². The Morgan fingerprint density at radius 1 is 1.10 bits per heavy atom. The molecule has 2 rings (SSSR count). The molecule has 2 N–H and O–H groups in total. The molecule has 0 radical (unpaired) electrons. The van der Waals surface area contributed by atoms with Crippen molar-refractivity contribution in [3.05, 3.63) is 52.6 Å². The number of anilines is 1. The first-order valence-corrected chi connectivity index (χ1v) is 6.61. The van der Waals surface area contributed by atoms with Gasteiger partial charge in [-0.1, -0.05) is 6.07 Å². The molecule has 0 saturated carbocycles. The number of aryl methyl sites for hydroxylation is 2. The summed E-state index contributed by atoms with van der Waals surface area (Å²) in [5.74, 6) is 1.37. The van der Waals surface area contributed by atoms with E-state index in [9.17, 15) is 0 Å². The van der Waals surface area contributed by atoms with Crippen molar-refractivity contribution >= 4 is 5.69 Å². The average Bonchev–Trinajstić information content (AvgIpc) is 2.49. The Kier molecular flexibility index (Phi) is 4.34. The van der Waals surface area contributed by atoms with Crippen LogP contribution >= 0.6 is 0 Å². The highest BCUT2D eigenvalue weighted by Gasteiger charge is 2.06. The van der Waals surface area contributed by atoms with Gasteiger partial charge in [-0.05, 0) is 54.8 Å². The summed E-state index contributed by atoms with van der Waals surface area (Å²) >= 11 is 0. The number of nitrogens with zero attached hydrogens (tertiary/aromatic N) is 1. The van der Waals surface area contributed by atoms with Crippen molar-refractivity contribution in [1.82, 2.24) is 0 Å². The van der Waals surface area contributed by atoms with E-state index >= 15 is 0 Å². The summed E-state index contributed by atoms with van der Waals surface area (Å²) in [5, 5.41) is 9.09. The van der Waals surface area contributed by atoms with Crippen LogP contribution < -0.4 is 15.2 Å². The lowest BCUT2D eigenvalue weighted by Gasteiger charge is -2.12. The van der Waals surface area contributed by atoms with Crippen molar-refractivity contribution in [3.8, 4) is 17.6 Å². The fourth-order valence-electron chi connectivity index (χ4n) is 2.06. The van der Waals surface area contributed by atoms with Gasteiger partial charge in [0, 0.05) is 5.69 Å². The zero-order chi connectivity index (χ0) is 15.4. The third-order valence-corrected chi connectivity index (χ3v) is 3.34. The molecule has 0 aliphatic rings. The third kappa shape index (κ3) is 3.26. The van der Waals surface area contributed by atoms with Gasteiger partial charge in [0.1, 0.15) is 24.2 Å². The average molecular weight is 282 g/mol. The summed E-state index contributed by atoms with van der Waals surface area (Å²) in [6.07, 6.45) is 0. The van der Waals surface area contributed by atoms with Gasteiger partial charge in [-0.3, -0.25) is 0 Å². The Labute approximate surface area is 124 Å². The van der Waals surface area contributed by atoms with E-state index in [4.69, 9.17) is 20.5 Å². The maximum atomic E-state index is 9.09. The second kappa shape index (κ2) is 6.19. The van der Waals surface area contributed by atoms with E-state index in [0.29, 0.717) is 17.9 Å². The summed E-state index contributed by atoms with van der Waals surface area (Å²) in [7, 11) is 1.55. The molecular formula is C17H18N2O2. The smallest absolute Gasteiger partial charge is 0.136 e. The van der Waals surface area contributed by atoms with Crippen molar-refractivity contribution in [2.75, 3.05) is 12.8 Å². The minimum absolute atomic E-state index is 0.392. The van der Waals surface area contributed by atoms with Crippen molar-refractivity contribution in [2.45, 2.75) is 20.5 Å². The lowest BCUT2D eigenvalue weighted by Crippen LogP contribution is -2.00. The molecule has 4 nitrogen and oxygen atoms in total. The van der Waals surface area contributed by atoms with E-state index in [2.05, 4.69) is 6.07 Å². The highest BCUT2D eigenvalue weighted by molar-refractivity contribution is 5.53. The molecule has 0 spiro atoms. The van der Waals surface area contributed by atoms with Crippen LogP contribution in [-0.2, 0) is 6.61 Å². The van der Waals surface area contributed by atoms with Crippen LogP contribution in [0.15, 0.2) is 30.3 Å². The predicted molar refractivity (Wildman–Crippen MR) is 82.4 cm³/mol. The number of hydrogen-bond donors (Lipinski definition) is 1. The summed E-state index contributed by atoms with van der Waals surface area (Å²) < 4.78 is 11.0. The molecule has 108 valence electrons. The number of ether oxygens (including phenoxy) is 2. The van der Waals surface area contributed by atoms with Crippen molar-refractivity contribution < 1.29 is 9.47 Å². The molecule has 0 unspecified atom stereocenters. The molecule has 21 heavy (non-hydrogen) atoms. The monoisotopic (exact) mass is 282 g/mol. The zero-order valence-corrected chi connectivity index (χ0v) is 12.4. The quantitative estimate of drug-likeness (QED) is 0.873. The van der Waals surface area contributed by atoms with E-state index in [0.717, 1.165) is 28.1 Å². The molecule has 0 saturated heterocycles. The van der Waals surface area contributed by atoms with Gasteiger partial charge in [0.25, 0.3) is 0 Å². The maximum absolute atomic E-state index is 9.09. The van der Waals surface area contributed by atoms with Crippen molar-refractivity contribution in [3.63, 3.8) is 0 Å². The van der Waals surface area contributed by atoms with Crippen LogP contribution in [-0.4, -0.2) is 7.11 Å². The lowest BCUT2D eigenvalue weighted by atomic mass is 10.1. The van der Waals surface area contributed by atoms with Crippen LogP contribution in [0.1, 0.15) is 22.3 Å². The molecule has 0 amide bonds. The van der Waals surface area contributed by atoms with E-state index in [1.54, 1.807) is 19.2 Å². The molecule has 0 fully saturated rings. The summed E-state index contributed by atoms with van der Waals surface area (Å²) in [6, 6.07) is 11.4. The predicted octanol–water partition coefficient (Wildman–Crippen LogP) is 3.34. The molecule has 0 atom stereocenters. The van der Waals surface area contributed by atoms with Gasteiger partial charge in [0.2, 0.25) is 0 Å². The zero-order valence-electron chi connectivity index (χ0n) is 12.4. The van der Waals surface area contributed by atoms with Gasteiger partial charge in [-0.25, -0.2) is 0 Å². The molecule has 2 aromatic carbocycles. The molecule has 0 aromatic heterocycles. The highest BCUT2D eigenvalue weighted by atomic mass is 16.5. The van der Waals surface area contributed by atoms with Crippen LogP contribution in [0.4, 0.5) is 5.69 Å². The number of hydrogen-bond acceptors (Lipinski definition) is 4. The fourth-order valence-corrected chi connectivity index (χ4v) is 2.06. The van der Waals surface area contributed by atoms with Gasteiger partial charge in [0.05, 0.1) is 12.7 Å². The van der Waals surface area contributed by atoms with E-state index in [1.807, 2.05) is 32.0 Å². The van der Waals surface area contributed by atoms with Gasteiger partial charge >= 0.3 is 0 Å². The van der Waals surface area contributed by atoms with Crippen LogP contribution in [0.5, 0.6) is 11.5 Å². The molecule has 2 aromatic rings. The number of benzene rings is 2. The van der Waals surface area contributed by atoms with Crippen LogP contribution in [0.25, 0.3) is 0 Å². The molecule has 4 heteroatoms. The van der Waals surface area contributed by atoms with Crippen molar-refractivity contribution in [2.24, 2.45) is 0 Å². The third-order valence-electron chi connectivity index (χ3n) is 3.34. The summed E-state index contributed by atoms with van der Waals surface area (Å²) in [4.78, 5) is 0. The normalized spacial score (nSPS) is 10.0. The summed E-state index contributed by atoms with van der Waals surface area (Å²) in [5.41, 5.74) is 10.0. The molecule has 0 aliphatic heterocycles. The minimum atomic E-state index is 0.392. The van der Waals surface area contributed by atoms with E-state index in [-0.39, 0.29) is 0 Å². The lowest BCUT2D eigenvalue weighted by molar-refractivity contribution is 0.303. The SMILES string of the molecule is COc1ccc(COc2cc(C)c(N)cc2C)cc1C#N. The van der Waals surface area contributed by atoms with Gasteiger partial charge in [0.15, 0.2) is 0 Å². The molecule has 0 heterocycles. The van der Waals surface area contributed by atoms with Crippen LogP contribution in [0.2, 0.25) is 0 Å². The van der Waals surface area contributed by atoms with E-state index < -0.39 is 0 Å². The van der Waals surface area contributed by atoms with Gasteiger partial charge < -0.3 is 15.2 Å². The standard InChI is InChI=1S/C17H18N2O2/c1-11-7-17(12(2)6-15(11)19)21-10-13-4-5-16(20-3)14(8-13)9-18/h4-8H,10,19H2,1-3H3. The maximum Gasteiger partial charge on any atom is 0.136 e. The summed E-state index contributed by atoms with van der Waals surface area (Å²) in [6.45, 7) is 4.30. The fraction of sp³-hybridized carbons (Fsp3) is 0.235. The molecule has 0 bridgehead atoms. The number of methoxy groups -OCH3 is 1. The second-order valence-corrected chi connectivity index (χ2v) is 4.91. The molecular weight excluding hydrogens is 264 g/mol. The first-order chi connectivity index (χ1) is 10.0. The van der Waals surface area contributed by atoms with Crippen molar-refractivity contribution in [1.29, 1.82) is 5.26 Å². The minimum Gasteiger partial charge on any atom is -0.495 e. The Hall–Kier alpha value is -2.67. The number of nitriles is 1. The second-order valence-electron chi connectivity index (χ2n) is 4.91. The Morgan fingerprint density at radius 2 is 1.86 bits per heavy atom. The number of nitrogen functional groups attached to an aromatic ring is 1. The van der Waals surface area contributed by atoms with Crippen LogP contribution in [0, 0.1) is 25.2 Å². The number of nitrogens with two attached hydrogens (primary N) is 1. The van der Waals surface area contributed by atoms with Gasteiger partial charge in [-0.15, -0.1) is 0 Å². The van der Waals surface area contributed by atoms with Crippen LogP contribution in [0.3, 0.4) is 0 Å². The topological polar surface area (TPSA) is 68.3 Å². The Balaban J connectivity index is 2.17. The highest BCUT2D eigenvalue weighted by Crippen LogP contribution is 2.26.